The fourth-order valence-electron chi connectivity index (χ4n) is 2.27. The van der Waals surface area contributed by atoms with Crippen molar-refractivity contribution in [2.75, 3.05) is 32.0 Å². The Bertz CT molecular complexity index is 583. The van der Waals surface area contributed by atoms with E-state index in [4.69, 9.17) is 15.2 Å². The van der Waals surface area contributed by atoms with Gasteiger partial charge in [0.25, 0.3) is 0 Å². The molecule has 1 aliphatic heterocycles. The molecule has 0 radical (unpaired) electrons. The predicted octanol–water partition coefficient (Wildman–Crippen LogP) is -0.655. The van der Waals surface area contributed by atoms with Crippen molar-refractivity contribution in [3.05, 3.63) is 22.7 Å². The van der Waals surface area contributed by atoms with Crippen molar-refractivity contribution >= 4 is 5.82 Å². The molecule has 1 aromatic rings. The van der Waals surface area contributed by atoms with Crippen molar-refractivity contribution in [2.24, 2.45) is 0 Å². The Balaban J connectivity index is 2.06. The largest absolute Gasteiger partial charge is 0.384 e. The number of hydrogen-bond acceptors (Lipinski definition) is 7. The fraction of sp³-hybridized carbons (Fsp3) is 0.692. The molecule has 1 aromatic heterocycles. The summed E-state index contributed by atoms with van der Waals surface area (Å²) in [4.78, 5) is 15.1. The van der Waals surface area contributed by atoms with Gasteiger partial charge in [-0.15, -0.1) is 0 Å². The maximum absolute atomic E-state index is 14.2. The molecular weight excluding hydrogens is 314 g/mol. The molecule has 1 fully saturated rings. The minimum Gasteiger partial charge on any atom is -0.384 e. The van der Waals surface area contributed by atoms with Crippen molar-refractivity contribution in [2.45, 2.75) is 31.3 Å². The molecule has 0 aromatic carbocycles. The molecule has 0 unspecified atom stereocenters. The zero-order valence-corrected chi connectivity index (χ0v) is 12.6. The second kappa shape index (κ2) is 7.30. The van der Waals surface area contributed by atoms with Crippen LogP contribution in [0.2, 0.25) is 0 Å². The first kappa shape index (κ1) is 17.7. The molecule has 0 amide bonds. The maximum Gasteiger partial charge on any atom is 0.351 e. The molecule has 0 bridgehead atoms. The van der Waals surface area contributed by atoms with E-state index in [2.05, 4.69) is 10.3 Å². The number of nitrogens with one attached hydrogen (secondary N) is 1. The normalized spacial score (nSPS) is 26.5. The van der Waals surface area contributed by atoms with Gasteiger partial charge in [-0.2, -0.15) is 13.8 Å². The molecule has 0 spiro atoms. The highest BCUT2D eigenvalue weighted by Crippen LogP contribution is 2.41. The third kappa shape index (κ3) is 3.83. The molecule has 1 saturated heterocycles. The highest BCUT2D eigenvalue weighted by Gasteiger charge is 2.59. The van der Waals surface area contributed by atoms with E-state index < -0.39 is 30.0 Å². The zero-order chi connectivity index (χ0) is 17.0. The minimum atomic E-state index is -3.63. The summed E-state index contributed by atoms with van der Waals surface area (Å²) in [6.07, 6.45) is -4.07. The molecule has 0 aliphatic carbocycles. The first-order chi connectivity index (χ1) is 10.9. The molecule has 3 atom stereocenters. The van der Waals surface area contributed by atoms with Crippen LogP contribution in [0.3, 0.4) is 0 Å². The number of halogens is 2. The number of nitrogens with zero attached hydrogens (tertiary/aromatic N) is 2. The number of hydrogen-bond donors (Lipinski definition) is 3. The van der Waals surface area contributed by atoms with E-state index in [1.807, 2.05) is 6.92 Å². The highest BCUT2D eigenvalue weighted by atomic mass is 19.3. The Kier molecular flexibility index (Phi) is 5.63. The summed E-state index contributed by atoms with van der Waals surface area (Å²) in [6.45, 7) is 3.24. The van der Waals surface area contributed by atoms with Crippen LogP contribution in [-0.2, 0) is 9.47 Å². The van der Waals surface area contributed by atoms with Gasteiger partial charge in [-0.05, 0) is 13.0 Å². The SMILES string of the molecule is CCOCCNC[C@H]1O[C@@H](n2ccc(N)nc2=O)C(F)(F)[C@@H]1O. The number of aromatic nitrogens is 2. The summed E-state index contributed by atoms with van der Waals surface area (Å²) in [5.74, 6) is -3.71. The van der Waals surface area contributed by atoms with Crippen LogP contribution in [0.1, 0.15) is 13.2 Å². The number of ether oxygens (including phenoxy) is 2. The van der Waals surface area contributed by atoms with Crippen LogP contribution in [0.4, 0.5) is 14.6 Å². The van der Waals surface area contributed by atoms with Crippen molar-refractivity contribution in [1.29, 1.82) is 0 Å². The van der Waals surface area contributed by atoms with Gasteiger partial charge in [0.2, 0.25) is 6.23 Å². The van der Waals surface area contributed by atoms with E-state index in [1.54, 1.807) is 0 Å². The lowest BCUT2D eigenvalue weighted by Crippen LogP contribution is -2.43. The summed E-state index contributed by atoms with van der Waals surface area (Å²) >= 11 is 0. The first-order valence-electron chi connectivity index (χ1n) is 7.22. The summed E-state index contributed by atoms with van der Waals surface area (Å²) in [5, 5.41) is 12.6. The van der Waals surface area contributed by atoms with Gasteiger partial charge in [0.15, 0.2) is 0 Å². The first-order valence-corrected chi connectivity index (χ1v) is 7.22. The van der Waals surface area contributed by atoms with Crippen LogP contribution < -0.4 is 16.7 Å². The van der Waals surface area contributed by atoms with Gasteiger partial charge >= 0.3 is 11.6 Å². The Morgan fingerprint density at radius 2 is 2.35 bits per heavy atom. The summed E-state index contributed by atoms with van der Waals surface area (Å²) < 4.78 is 39.3. The lowest BCUT2D eigenvalue weighted by atomic mass is 10.1. The van der Waals surface area contributed by atoms with Crippen molar-refractivity contribution in [3.8, 4) is 0 Å². The van der Waals surface area contributed by atoms with Gasteiger partial charge in [0, 0.05) is 25.9 Å². The van der Waals surface area contributed by atoms with Crippen LogP contribution in [0, 0.1) is 0 Å². The van der Waals surface area contributed by atoms with Crippen molar-refractivity contribution < 1.29 is 23.4 Å². The van der Waals surface area contributed by atoms with Gasteiger partial charge in [-0.25, -0.2) is 4.79 Å². The van der Waals surface area contributed by atoms with E-state index in [0.29, 0.717) is 24.3 Å². The Morgan fingerprint density at radius 3 is 3.00 bits per heavy atom. The summed E-state index contributed by atoms with van der Waals surface area (Å²) in [5.41, 5.74) is 4.36. The van der Waals surface area contributed by atoms with Crippen molar-refractivity contribution in [3.63, 3.8) is 0 Å². The van der Waals surface area contributed by atoms with E-state index >= 15 is 0 Å². The third-order valence-electron chi connectivity index (χ3n) is 3.46. The molecule has 23 heavy (non-hydrogen) atoms. The second-order valence-corrected chi connectivity index (χ2v) is 5.09. The lowest BCUT2D eigenvalue weighted by Gasteiger charge is -2.20. The van der Waals surface area contributed by atoms with Gasteiger partial charge in [-0.1, -0.05) is 0 Å². The molecule has 10 heteroatoms. The molecule has 2 rings (SSSR count). The van der Waals surface area contributed by atoms with Crippen LogP contribution in [0.15, 0.2) is 17.1 Å². The highest BCUT2D eigenvalue weighted by molar-refractivity contribution is 5.23. The number of rotatable bonds is 7. The van der Waals surface area contributed by atoms with Gasteiger partial charge in [0.1, 0.15) is 18.0 Å². The fourth-order valence-corrected chi connectivity index (χ4v) is 2.27. The quantitative estimate of drug-likeness (QED) is 0.568. The molecule has 0 saturated carbocycles. The summed E-state index contributed by atoms with van der Waals surface area (Å²) in [6, 6.07) is 1.21. The number of aliphatic hydroxyl groups excluding tert-OH is 1. The van der Waals surface area contributed by atoms with Crippen molar-refractivity contribution in [1.82, 2.24) is 14.9 Å². The average molecular weight is 334 g/mol. The average Bonchev–Trinajstić information content (AvgIpc) is 2.71. The zero-order valence-electron chi connectivity index (χ0n) is 12.6. The van der Waals surface area contributed by atoms with E-state index in [9.17, 15) is 18.7 Å². The minimum absolute atomic E-state index is 0.00250. The molecule has 4 N–H and O–H groups in total. The standard InChI is InChI=1S/C13H20F2N4O4/c1-2-22-6-4-17-7-8-10(20)13(14,15)11(23-8)19-5-3-9(16)18-12(19)21/h3,5,8,10-11,17,20H,2,4,6-7H2,1H3,(H2,16,18,21)/t8-,10-,11-/m1/s1. The second-order valence-electron chi connectivity index (χ2n) is 5.09. The molecule has 8 nitrogen and oxygen atoms in total. The molecule has 130 valence electrons. The number of nitrogens with two attached hydrogens (primary N) is 1. The number of alkyl halides is 2. The number of anilines is 1. The molecular formula is C13H20F2N4O4. The maximum atomic E-state index is 14.2. The topological polar surface area (TPSA) is 112 Å². The summed E-state index contributed by atoms with van der Waals surface area (Å²) in [7, 11) is 0. The van der Waals surface area contributed by atoms with Gasteiger partial charge in [0.05, 0.1) is 6.61 Å². The van der Waals surface area contributed by atoms with Crippen LogP contribution in [0.25, 0.3) is 0 Å². The predicted molar refractivity (Wildman–Crippen MR) is 77.1 cm³/mol. The van der Waals surface area contributed by atoms with Gasteiger partial charge in [-0.3, -0.25) is 4.57 Å². The van der Waals surface area contributed by atoms with E-state index in [-0.39, 0.29) is 12.4 Å². The Hall–Kier alpha value is -1.62. The molecule has 1 aliphatic rings. The lowest BCUT2D eigenvalue weighted by molar-refractivity contribution is -0.140. The van der Waals surface area contributed by atoms with E-state index in [1.165, 1.54) is 6.07 Å². The van der Waals surface area contributed by atoms with Crippen LogP contribution >= 0.6 is 0 Å². The van der Waals surface area contributed by atoms with Crippen LogP contribution in [0.5, 0.6) is 0 Å². The number of nitrogen functional groups attached to an aromatic ring is 1. The van der Waals surface area contributed by atoms with E-state index in [0.717, 1.165) is 6.20 Å². The number of aliphatic hydroxyl groups is 1. The molecule has 2 heterocycles. The van der Waals surface area contributed by atoms with Crippen LogP contribution in [-0.4, -0.2) is 59.1 Å². The Morgan fingerprint density at radius 1 is 1.61 bits per heavy atom. The van der Waals surface area contributed by atoms with Gasteiger partial charge < -0.3 is 25.6 Å². The smallest absolute Gasteiger partial charge is 0.351 e. The Labute approximate surface area is 131 Å². The monoisotopic (exact) mass is 334 g/mol. The third-order valence-corrected chi connectivity index (χ3v) is 3.46.